The Morgan fingerprint density at radius 3 is 1.76 bits per heavy atom. The van der Waals surface area contributed by atoms with Gasteiger partial charge in [0.25, 0.3) is 0 Å². The summed E-state index contributed by atoms with van der Waals surface area (Å²) in [5.74, 6) is 0.868. The van der Waals surface area contributed by atoms with Crippen LogP contribution in [0, 0.1) is 0 Å². The number of nitrogens with zero attached hydrogens (tertiary/aromatic N) is 1. The van der Waals surface area contributed by atoms with Gasteiger partial charge in [-0.2, -0.15) is 0 Å². The molecule has 1 heterocycles. The first-order valence-corrected chi connectivity index (χ1v) is 17.1. The normalized spacial score (nSPS) is 11.6. The maximum Gasteiger partial charge on any atom is 0.143 e. The molecule has 0 aliphatic heterocycles. The van der Waals surface area contributed by atoms with Crippen LogP contribution in [-0.2, 0) is 0 Å². The average Bonchev–Trinajstić information content (AvgIpc) is 3.58. The zero-order chi connectivity index (χ0) is 33.0. The molecule has 0 saturated carbocycles. The third kappa shape index (κ3) is 4.57. The van der Waals surface area contributed by atoms with Crippen molar-refractivity contribution in [2.75, 3.05) is 4.90 Å². The molecule has 10 aromatic rings. The predicted molar refractivity (Wildman–Crippen MR) is 212 cm³/mol. The van der Waals surface area contributed by atoms with Gasteiger partial charge >= 0.3 is 0 Å². The topological polar surface area (TPSA) is 16.4 Å². The van der Waals surface area contributed by atoms with Crippen molar-refractivity contribution in [1.82, 2.24) is 0 Å². The highest BCUT2D eigenvalue weighted by atomic mass is 16.3. The minimum Gasteiger partial charge on any atom is -0.455 e. The van der Waals surface area contributed by atoms with Crippen LogP contribution in [0.5, 0.6) is 0 Å². The highest BCUT2D eigenvalue weighted by molar-refractivity contribution is 6.15. The Morgan fingerprint density at radius 2 is 0.920 bits per heavy atom. The van der Waals surface area contributed by atoms with E-state index in [2.05, 4.69) is 187 Å². The maximum atomic E-state index is 6.69. The van der Waals surface area contributed by atoms with E-state index in [0.29, 0.717) is 0 Å². The fourth-order valence-electron chi connectivity index (χ4n) is 7.71. The van der Waals surface area contributed by atoms with Crippen molar-refractivity contribution in [3.05, 3.63) is 188 Å². The van der Waals surface area contributed by atoms with Gasteiger partial charge in [-0.1, -0.05) is 152 Å². The van der Waals surface area contributed by atoms with Gasteiger partial charge in [0, 0.05) is 33.3 Å². The molecule has 50 heavy (non-hydrogen) atoms. The zero-order valence-electron chi connectivity index (χ0n) is 27.3. The Balaban J connectivity index is 1.24. The molecule has 0 aliphatic carbocycles. The molecule has 0 fully saturated rings. The molecule has 0 atom stereocenters. The summed E-state index contributed by atoms with van der Waals surface area (Å²) in [6, 6.07) is 67.5. The highest BCUT2D eigenvalue weighted by Crippen LogP contribution is 2.46. The first-order valence-electron chi connectivity index (χ1n) is 17.1. The van der Waals surface area contributed by atoms with Crippen molar-refractivity contribution in [2.24, 2.45) is 0 Å². The van der Waals surface area contributed by atoms with Gasteiger partial charge in [-0.3, -0.25) is 0 Å². The summed E-state index contributed by atoms with van der Waals surface area (Å²) >= 11 is 0. The molecule has 0 bridgehead atoms. The monoisotopic (exact) mass is 637 g/mol. The molecule has 0 N–H and O–H groups in total. The zero-order valence-corrected chi connectivity index (χ0v) is 27.3. The maximum absolute atomic E-state index is 6.69. The molecule has 2 nitrogen and oxygen atoms in total. The van der Waals surface area contributed by atoms with Gasteiger partial charge in [-0.25, -0.2) is 0 Å². The van der Waals surface area contributed by atoms with Crippen molar-refractivity contribution in [3.8, 4) is 22.5 Å². The van der Waals surface area contributed by atoms with Crippen LogP contribution in [0.3, 0.4) is 0 Å². The lowest BCUT2D eigenvalue weighted by Crippen LogP contribution is -2.11. The molecule has 2 heteroatoms. The summed E-state index contributed by atoms with van der Waals surface area (Å²) in [7, 11) is 0. The van der Waals surface area contributed by atoms with E-state index in [-0.39, 0.29) is 0 Å². The van der Waals surface area contributed by atoms with E-state index >= 15 is 0 Å². The molecule has 0 spiro atoms. The first-order chi connectivity index (χ1) is 24.8. The Labute approximate surface area is 290 Å². The smallest absolute Gasteiger partial charge is 0.143 e. The van der Waals surface area contributed by atoms with Crippen LogP contribution in [0.1, 0.15) is 0 Å². The fourth-order valence-corrected chi connectivity index (χ4v) is 7.71. The minimum absolute atomic E-state index is 0.868. The van der Waals surface area contributed by atoms with E-state index in [1.807, 2.05) is 6.07 Å². The van der Waals surface area contributed by atoms with Crippen LogP contribution in [0.25, 0.3) is 76.5 Å². The molecule has 234 valence electrons. The van der Waals surface area contributed by atoms with Crippen LogP contribution in [0.15, 0.2) is 192 Å². The van der Waals surface area contributed by atoms with E-state index in [1.54, 1.807) is 0 Å². The summed E-state index contributed by atoms with van der Waals surface area (Å²) in [4.78, 5) is 2.41. The molecule has 0 radical (unpaired) electrons. The molecule has 0 amide bonds. The van der Waals surface area contributed by atoms with Gasteiger partial charge < -0.3 is 9.32 Å². The van der Waals surface area contributed by atoms with Crippen LogP contribution in [0.4, 0.5) is 17.1 Å². The number of para-hydroxylation sites is 1. The van der Waals surface area contributed by atoms with Crippen LogP contribution in [-0.4, -0.2) is 0 Å². The molecular formula is C48H31NO. The molecule has 0 saturated heterocycles. The van der Waals surface area contributed by atoms with Crippen molar-refractivity contribution in [3.63, 3.8) is 0 Å². The van der Waals surface area contributed by atoms with Crippen LogP contribution in [0.2, 0.25) is 0 Å². The van der Waals surface area contributed by atoms with Gasteiger partial charge in [-0.15, -0.1) is 0 Å². The van der Waals surface area contributed by atoms with Gasteiger partial charge in [0.15, 0.2) is 0 Å². The largest absolute Gasteiger partial charge is 0.455 e. The summed E-state index contributed by atoms with van der Waals surface area (Å²) in [6.07, 6.45) is 0. The Bertz CT molecular complexity index is 2880. The Morgan fingerprint density at radius 1 is 0.340 bits per heavy atom. The van der Waals surface area contributed by atoms with Crippen molar-refractivity contribution in [2.45, 2.75) is 0 Å². The van der Waals surface area contributed by atoms with E-state index in [4.69, 9.17) is 4.42 Å². The second-order valence-electron chi connectivity index (χ2n) is 12.9. The van der Waals surface area contributed by atoms with E-state index in [1.165, 1.54) is 43.1 Å². The summed E-state index contributed by atoms with van der Waals surface area (Å²) in [5.41, 5.74) is 7.44. The third-order valence-corrected chi connectivity index (χ3v) is 10.00. The number of rotatable bonds is 5. The molecule has 10 rings (SSSR count). The second kappa shape index (κ2) is 11.5. The molecule has 0 aliphatic rings. The van der Waals surface area contributed by atoms with Crippen molar-refractivity contribution >= 4 is 71.1 Å². The van der Waals surface area contributed by atoms with Crippen molar-refractivity contribution < 1.29 is 4.42 Å². The number of furan rings is 1. The summed E-state index contributed by atoms with van der Waals surface area (Å²) < 4.78 is 6.69. The van der Waals surface area contributed by atoms with Crippen LogP contribution >= 0.6 is 0 Å². The molecule has 1 aromatic heterocycles. The summed E-state index contributed by atoms with van der Waals surface area (Å²) in [5, 5.41) is 11.0. The van der Waals surface area contributed by atoms with Gasteiger partial charge in [0.1, 0.15) is 11.3 Å². The lowest BCUT2D eigenvalue weighted by atomic mass is 9.97. The van der Waals surface area contributed by atoms with Gasteiger partial charge in [0.05, 0.1) is 5.69 Å². The number of hydrogen-bond donors (Lipinski definition) is 0. The van der Waals surface area contributed by atoms with E-state index in [9.17, 15) is 0 Å². The van der Waals surface area contributed by atoms with Gasteiger partial charge in [0.2, 0.25) is 0 Å². The molecule has 0 unspecified atom stereocenters. The average molecular weight is 638 g/mol. The van der Waals surface area contributed by atoms with Crippen molar-refractivity contribution in [1.29, 1.82) is 0 Å². The third-order valence-electron chi connectivity index (χ3n) is 10.00. The Kier molecular flexibility index (Phi) is 6.53. The minimum atomic E-state index is 0.868. The SMILES string of the molecule is c1ccc(-c2c(-c3cccc(N(c4ccc5c(ccc6ccccc65)c4)c4cc5ccccc5c5ccccc45)c3)oc3ccccc23)cc1. The van der Waals surface area contributed by atoms with E-state index in [0.717, 1.165) is 50.5 Å². The quantitative estimate of drug-likeness (QED) is 0.175. The standard InChI is InChI=1S/C48H31NO/c1-2-14-33(15-3-1)47-44-23-10-11-24-46(44)50-48(47)36-17-12-18-37(30-36)49(38-27-28-41-35(29-38)26-25-32-13-4-6-19-39(32)41)45-31-34-16-5-7-20-40(34)42-21-8-9-22-43(42)45/h1-31H. The lowest BCUT2D eigenvalue weighted by molar-refractivity contribution is 0.632. The Hall–Kier alpha value is -6.64. The number of benzene rings is 9. The number of fused-ring (bicyclic) bond motifs is 7. The second-order valence-corrected chi connectivity index (χ2v) is 12.9. The highest BCUT2D eigenvalue weighted by Gasteiger charge is 2.21. The molecule has 9 aromatic carbocycles. The molecular weight excluding hydrogens is 607 g/mol. The first kappa shape index (κ1) is 28.4. The number of anilines is 3. The fraction of sp³-hybridized carbons (Fsp3) is 0. The van der Waals surface area contributed by atoms with Gasteiger partial charge in [-0.05, 0) is 79.7 Å². The summed E-state index contributed by atoms with van der Waals surface area (Å²) in [6.45, 7) is 0. The lowest BCUT2D eigenvalue weighted by Gasteiger charge is -2.28. The number of hydrogen-bond acceptors (Lipinski definition) is 2. The van der Waals surface area contributed by atoms with Crippen LogP contribution < -0.4 is 4.90 Å². The van der Waals surface area contributed by atoms with E-state index < -0.39 is 0 Å². The predicted octanol–water partition coefficient (Wildman–Crippen LogP) is 13.8.